The molecule has 0 aliphatic carbocycles. The average molecular weight is 423 g/mol. The predicted octanol–water partition coefficient (Wildman–Crippen LogP) is 7.10. The summed E-state index contributed by atoms with van der Waals surface area (Å²) in [5.41, 5.74) is 3.42. The summed E-state index contributed by atoms with van der Waals surface area (Å²) in [6.07, 6.45) is 1.25. The second-order valence-corrected chi connectivity index (χ2v) is 11.4. The van der Waals surface area contributed by atoms with Crippen molar-refractivity contribution >= 4 is 38.2 Å². The third-order valence-corrected chi connectivity index (χ3v) is 6.09. The molecule has 0 aliphatic heterocycles. The normalized spacial score (nSPS) is 12.9. The molecule has 1 atom stereocenters. The number of halogens is 2. The molecule has 0 heterocycles. The fourth-order valence-corrected chi connectivity index (χ4v) is 4.21. The molecule has 2 rings (SSSR count). The molecule has 2 aromatic rings. The number of hydrogen-bond donors (Lipinski definition) is 0. The topological polar surface area (TPSA) is 26.3 Å². The van der Waals surface area contributed by atoms with Crippen LogP contribution in [0.1, 0.15) is 45.1 Å². The molecular formula is C22H28Cl2O2Si. The van der Waals surface area contributed by atoms with E-state index in [1.807, 2.05) is 31.3 Å². The van der Waals surface area contributed by atoms with Crippen LogP contribution in [0.15, 0.2) is 42.5 Å². The molecule has 0 aromatic heterocycles. The largest absolute Gasteiger partial charge is 0.523 e. The zero-order valence-electron chi connectivity index (χ0n) is 16.7. The summed E-state index contributed by atoms with van der Waals surface area (Å²) in [4.78, 5) is 12.0. The van der Waals surface area contributed by atoms with Crippen molar-refractivity contribution in [3.63, 3.8) is 0 Å². The monoisotopic (exact) mass is 422 g/mol. The summed E-state index contributed by atoms with van der Waals surface area (Å²) in [7, 11) is -1.33. The zero-order valence-corrected chi connectivity index (χ0v) is 19.3. The molecule has 146 valence electrons. The van der Waals surface area contributed by atoms with Gasteiger partial charge in [0.25, 0.3) is 5.97 Å². The van der Waals surface area contributed by atoms with Gasteiger partial charge in [-0.2, -0.15) is 0 Å². The highest BCUT2D eigenvalue weighted by Crippen LogP contribution is 2.39. The van der Waals surface area contributed by atoms with Gasteiger partial charge in [-0.1, -0.05) is 74.3 Å². The fourth-order valence-electron chi connectivity index (χ4n) is 3.27. The highest BCUT2D eigenvalue weighted by molar-refractivity contribution is 6.50. The lowest BCUT2D eigenvalue weighted by atomic mass is 9.74. The van der Waals surface area contributed by atoms with Gasteiger partial charge in [-0.15, -0.1) is 0 Å². The zero-order chi connectivity index (χ0) is 20.2. The Labute approximate surface area is 174 Å². The molecule has 0 bridgehead atoms. The summed E-state index contributed by atoms with van der Waals surface area (Å²) in [6.45, 7) is 10.7. The van der Waals surface area contributed by atoms with E-state index < -0.39 is 9.04 Å². The highest BCUT2D eigenvalue weighted by Gasteiger charge is 2.27. The molecule has 2 nitrogen and oxygen atoms in total. The smallest absolute Gasteiger partial charge is 0.292 e. The summed E-state index contributed by atoms with van der Waals surface area (Å²) in [5.74, 6) is 0.208. The van der Waals surface area contributed by atoms with Gasteiger partial charge in [-0.25, -0.2) is 0 Å². The molecule has 0 aliphatic rings. The second kappa shape index (κ2) is 9.27. The minimum Gasteiger partial charge on any atom is -0.523 e. The van der Waals surface area contributed by atoms with Crippen LogP contribution in [0.4, 0.5) is 0 Å². The maximum Gasteiger partial charge on any atom is 0.292 e. The van der Waals surface area contributed by atoms with Crippen LogP contribution in [0.2, 0.25) is 23.1 Å². The van der Waals surface area contributed by atoms with Gasteiger partial charge in [0.2, 0.25) is 9.04 Å². The third-order valence-electron chi connectivity index (χ3n) is 4.62. The van der Waals surface area contributed by atoms with E-state index >= 15 is 0 Å². The van der Waals surface area contributed by atoms with E-state index in [-0.39, 0.29) is 17.3 Å². The van der Waals surface area contributed by atoms with Crippen LogP contribution in [-0.4, -0.2) is 15.0 Å². The second-order valence-electron chi connectivity index (χ2n) is 8.25. The van der Waals surface area contributed by atoms with Crippen molar-refractivity contribution in [3.8, 4) is 11.1 Å². The minimum absolute atomic E-state index is 0.0562. The lowest BCUT2D eigenvalue weighted by Gasteiger charge is -2.31. The average Bonchev–Trinajstić information content (AvgIpc) is 2.56. The first kappa shape index (κ1) is 22.0. The molecule has 0 spiro atoms. The van der Waals surface area contributed by atoms with Crippen LogP contribution in [0.25, 0.3) is 11.1 Å². The van der Waals surface area contributed by atoms with Crippen molar-refractivity contribution < 1.29 is 9.22 Å². The molecule has 0 N–H and O–H groups in total. The standard InChI is InChI=1S/C22H28Cl2O2Si/c1-22(2,3)18(11-13-21(25)26-27(4)5)16-8-6-15(7-9-16)17-10-12-19(23)20(24)14-17/h6-10,12,14,18,27H,11,13H2,1-5H3/t18-/m0/s1. The number of hydrogen-bond acceptors (Lipinski definition) is 2. The van der Waals surface area contributed by atoms with Gasteiger partial charge in [0, 0.05) is 6.42 Å². The number of carbonyl (C=O) groups is 1. The maximum absolute atomic E-state index is 12.0. The molecule has 0 saturated heterocycles. The SMILES string of the molecule is C[SiH](C)OC(=O)CC[C@@H](c1ccc(-c2ccc(Cl)c(Cl)c2)cc1)C(C)(C)C. The molecule has 5 heteroatoms. The van der Waals surface area contributed by atoms with Crippen molar-refractivity contribution in [1.82, 2.24) is 0 Å². The van der Waals surface area contributed by atoms with Crippen LogP contribution < -0.4 is 0 Å². The van der Waals surface area contributed by atoms with Crippen molar-refractivity contribution in [2.45, 2.75) is 52.6 Å². The van der Waals surface area contributed by atoms with E-state index in [0.717, 1.165) is 17.5 Å². The van der Waals surface area contributed by atoms with Crippen molar-refractivity contribution in [2.24, 2.45) is 5.41 Å². The third kappa shape index (κ3) is 6.37. The van der Waals surface area contributed by atoms with Gasteiger partial charge in [0.1, 0.15) is 0 Å². The van der Waals surface area contributed by atoms with Gasteiger partial charge >= 0.3 is 0 Å². The molecule has 0 fully saturated rings. The summed E-state index contributed by atoms with van der Waals surface area (Å²) >= 11 is 12.1. The van der Waals surface area contributed by atoms with Gasteiger partial charge < -0.3 is 4.43 Å². The van der Waals surface area contributed by atoms with Gasteiger partial charge in [-0.3, -0.25) is 4.79 Å². The van der Waals surface area contributed by atoms with Crippen molar-refractivity contribution in [3.05, 3.63) is 58.1 Å². The molecule has 2 aromatic carbocycles. The Hall–Kier alpha value is -1.29. The first-order chi connectivity index (χ1) is 12.6. The summed E-state index contributed by atoms with van der Waals surface area (Å²) in [5, 5.41) is 1.11. The Balaban J connectivity index is 2.19. The van der Waals surface area contributed by atoms with Crippen molar-refractivity contribution in [2.75, 3.05) is 0 Å². The van der Waals surface area contributed by atoms with Gasteiger partial charge in [-0.05, 0) is 59.7 Å². The Kier molecular flexibility index (Phi) is 7.55. The molecular weight excluding hydrogens is 395 g/mol. The molecule has 0 unspecified atom stereocenters. The Morgan fingerprint density at radius 3 is 2.11 bits per heavy atom. The van der Waals surface area contributed by atoms with Gasteiger partial charge in [0.05, 0.1) is 10.0 Å². The van der Waals surface area contributed by atoms with Gasteiger partial charge in [0.15, 0.2) is 0 Å². The lowest BCUT2D eigenvalue weighted by molar-refractivity contribution is -0.135. The van der Waals surface area contributed by atoms with Crippen LogP contribution in [-0.2, 0) is 9.22 Å². The molecule has 27 heavy (non-hydrogen) atoms. The van der Waals surface area contributed by atoms with Crippen LogP contribution in [0.3, 0.4) is 0 Å². The molecule has 0 radical (unpaired) electrons. The Bertz CT molecular complexity index is 780. The van der Waals surface area contributed by atoms with Crippen LogP contribution >= 0.6 is 23.2 Å². The van der Waals surface area contributed by atoms with Crippen LogP contribution in [0.5, 0.6) is 0 Å². The Morgan fingerprint density at radius 2 is 1.59 bits per heavy atom. The first-order valence-electron chi connectivity index (χ1n) is 9.33. The predicted molar refractivity (Wildman–Crippen MR) is 118 cm³/mol. The molecule has 0 saturated carbocycles. The number of benzene rings is 2. The quantitative estimate of drug-likeness (QED) is 0.463. The van der Waals surface area contributed by atoms with E-state index in [2.05, 4.69) is 45.0 Å². The number of carbonyl (C=O) groups excluding carboxylic acids is 1. The lowest BCUT2D eigenvalue weighted by Crippen LogP contribution is -2.21. The summed E-state index contributed by atoms with van der Waals surface area (Å²) < 4.78 is 5.42. The van der Waals surface area contributed by atoms with Crippen LogP contribution in [0, 0.1) is 5.41 Å². The first-order valence-corrected chi connectivity index (χ1v) is 12.9. The minimum atomic E-state index is -1.33. The van der Waals surface area contributed by atoms with E-state index in [1.54, 1.807) is 0 Å². The maximum atomic E-state index is 12.0. The van der Waals surface area contributed by atoms with E-state index in [0.29, 0.717) is 16.5 Å². The highest BCUT2D eigenvalue weighted by atomic mass is 35.5. The summed E-state index contributed by atoms with van der Waals surface area (Å²) in [6, 6.07) is 14.2. The number of rotatable bonds is 6. The van der Waals surface area contributed by atoms with Crippen molar-refractivity contribution in [1.29, 1.82) is 0 Å². The van der Waals surface area contributed by atoms with E-state index in [9.17, 15) is 4.79 Å². The fraction of sp³-hybridized carbons (Fsp3) is 0.409. The molecule has 0 amide bonds. The Morgan fingerprint density at radius 1 is 1.00 bits per heavy atom. The van der Waals surface area contributed by atoms with E-state index in [1.165, 1.54) is 5.56 Å². The van der Waals surface area contributed by atoms with E-state index in [4.69, 9.17) is 27.6 Å².